The SMILES string of the molecule is Cc1nc(-c2ccccc2NC(=O)N2C[C@@H](CO)[C@H](c3cnn(C)c3)C2)cs1. The molecule has 0 bridgehead atoms. The molecule has 8 heteroatoms. The maximum Gasteiger partial charge on any atom is 0.321 e. The van der Waals surface area contributed by atoms with Gasteiger partial charge in [-0.1, -0.05) is 18.2 Å². The fourth-order valence-electron chi connectivity index (χ4n) is 3.73. The van der Waals surface area contributed by atoms with Crippen LogP contribution in [0.1, 0.15) is 16.5 Å². The molecule has 146 valence electrons. The van der Waals surface area contributed by atoms with Gasteiger partial charge >= 0.3 is 6.03 Å². The summed E-state index contributed by atoms with van der Waals surface area (Å²) in [7, 11) is 1.87. The molecule has 0 unspecified atom stereocenters. The van der Waals surface area contributed by atoms with Crippen molar-refractivity contribution >= 4 is 23.1 Å². The third kappa shape index (κ3) is 3.65. The van der Waals surface area contributed by atoms with Crippen LogP contribution >= 0.6 is 11.3 Å². The summed E-state index contributed by atoms with van der Waals surface area (Å²) in [4.78, 5) is 19.2. The third-order valence-corrected chi connectivity index (χ3v) is 5.95. The van der Waals surface area contributed by atoms with Crippen molar-refractivity contribution in [1.82, 2.24) is 19.7 Å². The van der Waals surface area contributed by atoms with Crippen LogP contribution < -0.4 is 5.32 Å². The van der Waals surface area contributed by atoms with E-state index in [1.165, 1.54) is 0 Å². The van der Waals surface area contributed by atoms with Crippen molar-refractivity contribution in [2.24, 2.45) is 13.0 Å². The number of likely N-dealkylation sites (tertiary alicyclic amines) is 1. The first-order valence-corrected chi connectivity index (χ1v) is 10.1. The molecule has 0 spiro atoms. The number of urea groups is 1. The molecule has 0 aliphatic carbocycles. The van der Waals surface area contributed by atoms with Gasteiger partial charge in [-0.15, -0.1) is 11.3 Å². The monoisotopic (exact) mass is 397 g/mol. The molecule has 2 N–H and O–H groups in total. The van der Waals surface area contributed by atoms with Gasteiger partial charge in [0, 0.05) is 55.7 Å². The number of nitrogens with zero attached hydrogens (tertiary/aromatic N) is 4. The van der Waals surface area contributed by atoms with Gasteiger partial charge in [-0.3, -0.25) is 4.68 Å². The number of anilines is 1. The molecule has 4 rings (SSSR count). The molecular formula is C20H23N5O2S. The fourth-order valence-corrected chi connectivity index (χ4v) is 4.34. The van der Waals surface area contributed by atoms with Crippen molar-refractivity contribution < 1.29 is 9.90 Å². The number of amides is 2. The van der Waals surface area contributed by atoms with Crippen molar-refractivity contribution in [2.75, 3.05) is 25.0 Å². The Morgan fingerprint density at radius 3 is 2.86 bits per heavy atom. The molecule has 1 aromatic carbocycles. The van der Waals surface area contributed by atoms with Crippen LogP contribution in [0.2, 0.25) is 0 Å². The van der Waals surface area contributed by atoms with E-state index in [0.717, 1.165) is 27.5 Å². The first-order valence-electron chi connectivity index (χ1n) is 9.22. The second-order valence-corrected chi connectivity index (χ2v) is 8.19. The number of hydrogen-bond donors (Lipinski definition) is 2. The minimum atomic E-state index is -0.163. The third-order valence-electron chi connectivity index (χ3n) is 5.18. The summed E-state index contributed by atoms with van der Waals surface area (Å²) in [5, 5.41) is 20.0. The molecule has 2 atom stereocenters. The Morgan fingerprint density at radius 2 is 2.18 bits per heavy atom. The number of para-hydroxylation sites is 1. The number of aromatic nitrogens is 3. The van der Waals surface area contributed by atoms with Crippen molar-refractivity contribution in [1.29, 1.82) is 0 Å². The van der Waals surface area contributed by atoms with Crippen LogP contribution in [-0.4, -0.2) is 50.5 Å². The number of benzene rings is 1. The van der Waals surface area contributed by atoms with Crippen LogP contribution in [0.15, 0.2) is 42.0 Å². The van der Waals surface area contributed by atoms with E-state index in [2.05, 4.69) is 15.4 Å². The average Bonchev–Trinajstić information content (AvgIpc) is 3.41. The quantitative estimate of drug-likeness (QED) is 0.709. The van der Waals surface area contributed by atoms with E-state index >= 15 is 0 Å². The number of aliphatic hydroxyl groups is 1. The first-order chi connectivity index (χ1) is 13.5. The van der Waals surface area contributed by atoms with Gasteiger partial charge in [-0.2, -0.15) is 5.10 Å². The molecule has 1 saturated heterocycles. The maximum atomic E-state index is 12.9. The highest BCUT2D eigenvalue weighted by atomic mass is 32.1. The lowest BCUT2D eigenvalue weighted by Crippen LogP contribution is -2.33. The largest absolute Gasteiger partial charge is 0.396 e. The fraction of sp³-hybridized carbons (Fsp3) is 0.350. The summed E-state index contributed by atoms with van der Waals surface area (Å²) in [6.07, 6.45) is 3.77. The molecule has 1 aliphatic rings. The molecule has 7 nitrogen and oxygen atoms in total. The first kappa shape index (κ1) is 18.6. The Morgan fingerprint density at radius 1 is 1.36 bits per heavy atom. The summed E-state index contributed by atoms with van der Waals surface area (Å²) >= 11 is 1.59. The van der Waals surface area contributed by atoms with Crippen LogP contribution in [0.3, 0.4) is 0 Å². The van der Waals surface area contributed by atoms with Crippen molar-refractivity contribution in [3.05, 3.63) is 52.6 Å². The second kappa shape index (κ2) is 7.73. The lowest BCUT2D eigenvalue weighted by Gasteiger charge is -2.18. The Labute approximate surface area is 167 Å². The predicted octanol–water partition coefficient (Wildman–Crippen LogP) is 3.09. The zero-order chi connectivity index (χ0) is 19.7. The van der Waals surface area contributed by atoms with Crippen LogP contribution in [0.5, 0.6) is 0 Å². The van der Waals surface area contributed by atoms with Crippen LogP contribution in [0.4, 0.5) is 10.5 Å². The van der Waals surface area contributed by atoms with Gasteiger partial charge in [0.15, 0.2) is 0 Å². The number of rotatable bonds is 4. The zero-order valence-electron chi connectivity index (χ0n) is 15.9. The van der Waals surface area contributed by atoms with E-state index in [1.54, 1.807) is 20.9 Å². The minimum absolute atomic E-state index is 0.00591. The second-order valence-electron chi connectivity index (χ2n) is 7.13. The van der Waals surface area contributed by atoms with Crippen LogP contribution in [0, 0.1) is 12.8 Å². The maximum absolute atomic E-state index is 12.9. The lowest BCUT2D eigenvalue weighted by atomic mass is 9.92. The highest BCUT2D eigenvalue weighted by Gasteiger charge is 2.36. The van der Waals surface area contributed by atoms with Gasteiger partial charge < -0.3 is 15.3 Å². The predicted molar refractivity (Wildman–Crippen MR) is 109 cm³/mol. The van der Waals surface area contributed by atoms with E-state index in [-0.39, 0.29) is 24.5 Å². The van der Waals surface area contributed by atoms with Gasteiger partial charge in [0.2, 0.25) is 0 Å². The Kier molecular flexibility index (Phi) is 5.15. The van der Waals surface area contributed by atoms with E-state index in [0.29, 0.717) is 13.1 Å². The number of carbonyl (C=O) groups excluding carboxylic acids is 1. The molecule has 0 radical (unpaired) electrons. The highest BCUT2D eigenvalue weighted by molar-refractivity contribution is 7.09. The molecule has 3 heterocycles. The number of hydrogen-bond acceptors (Lipinski definition) is 5. The molecule has 1 aliphatic heterocycles. The molecule has 28 heavy (non-hydrogen) atoms. The minimum Gasteiger partial charge on any atom is -0.396 e. The van der Waals surface area contributed by atoms with E-state index < -0.39 is 0 Å². The lowest BCUT2D eigenvalue weighted by molar-refractivity contribution is 0.207. The van der Waals surface area contributed by atoms with E-state index in [1.807, 2.05) is 56.0 Å². The average molecular weight is 398 g/mol. The number of nitrogens with one attached hydrogen (secondary N) is 1. The van der Waals surface area contributed by atoms with Gasteiger partial charge in [-0.05, 0) is 18.6 Å². The molecule has 2 amide bonds. The van der Waals surface area contributed by atoms with Crippen LogP contribution in [-0.2, 0) is 7.05 Å². The number of aliphatic hydroxyl groups excluding tert-OH is 1. The Bertz CT molecular complexity index is 982. The molecule has 2 aromatic heterocycles. The van der Waals surface area contributed by atoms with Crippen molar-refractivity contribution in [3.8, 4) is 11.3 Å². The van der Waals surface area contributed by atoms with E-state index in [9.17, 15) is 9.90 Å². The van der Waals surface area contributed by atoms with Gasteiger partial charge in [-0.25, -0.2) is 9.78 Å². The van der Waals surface area contributed by atoms with Gasteiger partial charge in [0.05, 0.1) is 22.6 Å². The smallest absolute Gasteiger partial charge is 0.321 e. The topological polar surface area (TPSA) is 83.3 Å². The summed E-state index contributed by atoms with van der Waals surface area (Å²) in [6, 6.07) is 7.53. The van der Waals surface area contributed by atoms with Crippen molar-refractivity contribution in [2.45, 2.75) is 12.8 Å². The summed E-state index contributed by atoms with van der Waals surface area (Å²) in [5.41, 5.74) is 3.56. The van der Waals surface area contributed by atoms with Gasteiger partial charge in [0.1, 0.15) is 0 Å². The molecule has 1 fully saturated rings. The highest BCUT2D eigenvalue weighted by Crippen LogP contribution is 2.33. The summed E-state index contributed by atoms with van der Waals surface area (Å²) in [5.74, 6) is 0.0901. The Balaban J connectivity index is 1.52. The summed E-state index contributed by atoms with van der Waals surface area (Å²) < 4.78 is 1.75. The number of carbonyl (C=O) groups is 1. The number of thiazole rings is 1. The molecule has 3 aromatic rings. The molecule has 0 saturated carbocycles. The molecular weight excluding hydrogens is 374 g/mol. The van der Waals surface area contributed by atoms with Crippen molar-refractivity contribution in [3.63, 3.8) is 0 Å². The normalized spacial score (nSPS) is 19.2. The standard InChI is InChI=1S/C20H23N5O2S/c1-13-22-19(12-28-13)16-5-3-4-6-18(16)23-20(27)25-9-15(11-26)17(10-25)14-7-21-24(2)8-14/h3-8,12,15,17,26H,9-11H2,1-2H3,(H,23,27)/t15-,17-/m0/s1. The van der Waals surface area contributed by atoms with Gasteiger partial charge in [0.25, 0.3) is 0 Å². The number of aryl methyl sites for hydroxylation is 2. The summed E-state index contributed by atoms with van der Waals surface area (Å²) in [6.45, 7) is 3.08. The zero-order valence-corrected chi connectivity index (χ0v) is 16.7. The van der Waals surface area contributed by atoms with Crippen LogP contribution in [0.25, 0.3) is 11.3 Å². The Hall–Kier alpha value is -2.71. The van der Waals surface area contributed by atoms with E-state index in [4.69, 9.17) is 0 Å².